The van der Waals surface area contributed by atoms with E-state index in [2.05, 4.69) is 27.6 Å². The predicted molar refractivity (Wildman–Crippen MR) is 141 cm³/mol. The topological polar surface area (TPSA) is 79.5 Å². The number of halogens is 1. The van der Waals surface area contributed by atoms with Gasteiger partial charge in [0.2, 0.25) is 0 Å². The molecule has 1 aliphatic heterocycles. The fourth-order valence-corrected chi connectivity index (χ4v) is 4.44. The summed E-state index contributed by atoms with van der Waals surface area (Å²) in [5.74, 6) is -0.357. The number of hydrogen-bond donors (Lipinski definition) is 3. The number of esters is 1. The molecule has 0 saturated heterocycles. The lowest BCUT2D eigenvalue weighted by Gasteiger charge is -2.33. The van der Waals surface area contributed by atoms with Crippen molar-refractivity contribution >= 4 is 40.5 Å². The maximum atomic E-state index is 13.0. The highest BCUT2D eigenvalue weighted by atomic mass is 35.5. The quantitative estimate of drug-likeness (QED) is 0.316. The fourth-order valence-electron chi connectivity index (χ4n) is 4.31. The third-order valence-corrected chi connectivity index (χ3v) is 6.40. The van der Waals surface area contributed by atoms with Crippen LogP contribution in [0.5, 0.6) is 0 Å². The molecule has 2 atom stereocenters. The summed E-state index contributed by atoms with van der Waals surface area (Å²) in [6.07, 6.45) is 2.79. The summed E-state index contributed by atoms with van der Waals surface area (Å²) in [4.78, 5) is 24.3. The lowest BCUT2D eigenvalue weighted by molar-refractivity contribution is -0.140. The van der Waals surface area contributed by atoms with Crippen molar-refractivity contribution in [3.8, 4) is 0 Å². The lowest BCUT2D eigenvalue weighted by atomic mass is 9.91. The molecule has 3 aromatic carbocycles. The predicted octanol–water partition coefficient (Wildman–Crippen LogP) is 6.45. The molecule has 0 fully saturated rings. The Balaban J connectivity index is 1.43. The van der Waals surface area contributed by atoms with Gasteiger partial charge in [-0.25, -0.2) is 0 Å². The summed E-state index contributed by atoms with van der Waals surface area (Å²) >= 11 is 6.03. The standard InChI is InChI=1S/C28H30ClN3O3/c1-18-16-26(31-22-13-9-21(29)10-14-22)24-17-20(8-15-25(24)30-18)28(34)32-23-11-6-19(7-12-23)4-3-5-27(33)35-2/h6-15,17-18,26,30-31H,3-5,16H2,1-2H3,(H,32,34). The van der Waals surface area contributed by atoms with E-state index in [-0.39, 0.29) is 17.9 Å². The van der Waals surface area contributed by atoms with Crippen LogP contribution >= 0.6 is 11.6 Å². The van der Waals surface area contributed by atoms with Crippen LogP contribution in [0.3, 0.4) is 0 Å². The van der Waals surface area contributed by atoms with Crippen LogP contribution < -0.4 is 16.0 Å². The molecule has 0 aromatic heterocycles. The molecule has 0 bridgehead atoms. The molecule has 0 saturated carbocycles. The fraction of sp³-hybridized carbons (Fsp3) is 0.286. The first-order valence-corrected chi connectivity index (χ1v) is 12.2. The second-order valence-corrected chi connectivity index (χ2v) is 9.30. The Kier molecular flexibility index (Phi) is 7.93. The molecule has 182 valence electrons. The first-order valence-electron chi connectivity index (χ1n) is 11.8. The Hall–Kier alpha value is -3.51. The minimum absolute atomic E-state index is 0.0689. The summed E-state index contributed by atoms with van der Waals surface area (Å²) in [6, 6.07) is 21.5. The van der Waals surface area contributed by atoms with Crippen LogP contribution in [0.2, 0.25) is 5.02 Å². The minimum Gasteiger partial charge on any atom is -0.469 e. The van der Waals surface area contributed by atoms with E-state index >= 15 is 0 Å². The highest BCUT2D eigenvalue weighted by Gasteiger charge is 2.25. The average molecular weight is 492 g/mol. The van der Waals surface area contributed by atoms with E-state index in [9.17, 15) is 9.59 Å². The van der Waals surface area contributed by atoms with Gasteiger partial charge in [0.1, 0.15) is 0 Å². The summed E-state index contributed by atoms with van der Waals surface area (Å²) in [5, 5.41) is 10.8. The van der Waals surface area contributed by atoms with Crippen LogP contribution in [0.25, 0.3) is 0 Å². The number of hydrogen-bond acceptors (Lipinski definition) is 5. The largest absolute Gasteiger partial charge is 0.469 e. The van der Waals surface area contributed by atoms with Crippen LogP contribution in [0.1, 0.15) is 53.7 Å². The molecule has 0 radical (unpaired) electrons. The molecule has 1 aliphatic rings. The second-order valence-electron chi connectivity index (χ2n) is 8.87. The van der Waals surface area contributed by atoms with Gasteiger partial charge in [-0.15, -0.1) is 0 Å². The van der Waals surface area contributed by atoms with E-state index in [1.807, 2.05) is 66.7 Å². The first-order chi connectivity index (χ1) is 16.9. The Morgan fingerprint density at radius 2 is 1.74 bits per heavy atom. The number of benzene rings is 3. The molecule has 3 aromatic rings. The van der Waals surface area contributed by atoms with Crippen molar-refractivity contribution in [1.29, 1.82) is 0 Å². The van der Waals surface area contributed by atoms with Crippen molar-refractivity contribution in [2.75, 3.05) is 23.1 Å². The minimum atomic E-state index is -0.200. The molecule has 7 heteroatoms. The van der Waals surface area contributed by atoms with Gasteiger partial charge in [-0.1, -0.05) is 23.7 Å². The molecule has 35 heavy (non-hydrogen) atoms. The van der Waals surface area contributed by atoms with Gasteiger partial charge in [0.15, 0.2) is 0 Å². The molecular formula is C28H30ClN3O3. The molecule has 4 rings (SSSR count). The van der Waals surface area contributed by atoms with E-state index in [0.29, 0.717) is 23.0 Å². The molecule has 2 unspecified atom stereocenters. The number of amides is 1. The highest BCUT2D eigenvalue weighted by molar-refractivity contribution is 6.30. The zero-order valence-electron chi connectivity index (χ0n) is 19.9. The monoisotopic (exact) mass is 491 g/mol. The average Bonchev–Trinajstić information content (AvgIpc) is 2.86. The number of fused-ring (bicyclic) bond motifs is 1. The van der Waals surface area contributed by atoms with E-state index in [4.69, 9.17) is 11.6 Å². The molecule has 6 nitrogen and oxygen atoms in total. The van der Waals surface area contributed by atoms with E-state index in [1.165, 1.54) is 7.11 Å². The van der Waals surface area contributed by atoms with Crippen molar-refractivity contribution < 1.29 is 14.3 Å². The van der Waals surface area contributed by atoms with E-state index in [0.717, 1.165) is 47.5 Å². The summed E-state index contributed by atoms with van der Waals surface area (Å²) in [5.41, 5.74) is 5.52. The van der Waals surface area contributed by atoms with Crippen molar-refractivity contribution in [2.45, 2.75) is 44.7 Å². The van der Waals surface area contributed by atoms with Gasteiger partial charge in [-0.2, -0.15) is 0 Å². The normalized spacial score (nSPS) is 16.5. The van der Waals surface area contributed by atoms with E-state index in [1.54, 1.807) is 0 Å². The zero-order chi connectivity index (χ0) is 24.8. The number of anilines is 3. The highest BCUT2D eigenvalue weighted by Crippen LogP contribution is 2.36. The van der Waals surface area contributed by atoms with Crippen LogP contribution in [0.4, 0.5) is 17.1 Å². The van der Waals surface area contributed by atoms with Gasteiger partial charge in [-0.3, -0.25) is 9.59 Å². The number of nitrogens with one attached hydrogen (secondary N) is 3. The van der Waals surface area contributed by atoms with Crippen LogP contribution in [-0.2, 0) is 16.0 Å². The number of carbonyl (C=O) groups is 2. The number of aryl methyl sites for hydroxylation is 1. The Bertz CT molecular complexity index is 1180. The summed E-state index contributed by atoms with van der Waals surface area (Å²) in [7, 11) is 1.40. The van der Waals surface area contributed by atoms with Gasteiger partial charge in [0.05, 0.1) is 13.2 Å². The molecule has 1 amide bonds. The van der Waals surface area contributed by atoms with Crippen molar-refractivity contribution in [3.05, 3.63) is 88.4 Å². The van der Waals surface area contributed by atoms with Gasteiger partial charge >= 0.3 is 5.97 Å². The summed E-state index contributed by atoms with van der Waals surface area (Å²) < 4.78 is 4.67. The van der Waals surface area contributed by atoms with Gasteiger partial charge in [0, 0.05) is 40.1 Å². The molecule has 0 spiro atoms. The third kappa shape index (κ3) is 6.55. The van der Waals surface area contributed by atoms with E-state index < -0.39 is 0 Å². The van der Waals surface area contributed by atoms with Crippen molar-refractivity contribution in [1.82, 2.24) is 0 Å². The Labute approximate surface area is 211 Å². The zero-order valence-corrected chi connectivity index (χ0v) is 20.7. The molecular weight excluding hydrogens is 462 g/mol. The summed E-state index contributed by atoms with van der Waals surface area (Å²) in [6.45, 7) is 2.15. The molecule has 0 aliphatic carbocycles. The second kappa shape index (κ2) is 11.3. The Morgan fingerprint density at radius 3 is 2.46 bits per heavy atom. The van der Waals surface area contributed by atoms with Gasteiger partial charge in [0.25, 0.3) is 5.91 Å². The molecule has 1 heterocycles. The smallest absolute Gasteiger partial charge is 0.305 e. The maximum absolute atomic E-state index is 13.0. The van der Waals surface area contributed by atoms with Gasteiger partial charge in [-0.05, 0) is 91.9 Å². The number of carbonyl (C=O) groups excluding carboxylic acids is 2. The maximum Gasteiger partial charge on any atom is 0.305 e. The lowest BCUT2D eigenvalue weighted by Crippen LogP contribution is -2.29. The number of rotatable bonds is 8. The molecule has 3 N–H and O–H groups in total. The van der Waals surface area contributed by atoms with Crippen LogP contribution in [0.15, 0.2) is 66.7 Å². The third-order valence-electron chi connectivity index (χ3n) is 6.15. The van der Waals surface area contributed by atoms with Crippen LogP contribution in [0, 0.1) is 0 Å². The Morgan fingerprint density at radius 1 is 1.03 bits per heavy atom. The first kappa shape index (κ1) is 24.6. The SMILES string of the molecule is COC(=O)CCCc1ccc(NC(=O)c2ccc3c(c2)C(Nc2ccc(Cl)cc2)CC(C)N3)cc1. The van der Waals surface area contributed by atoms with Crippen molar-refractivity contribution in [3.63, 3.8) is 0 Å². The number of methoxy groups -OCH3 is 1. The van der Waals surface area contributed by atoms with Gasteiger partial charge < -0.3 is 20.7 Å². The number of ether oxygens (including phenoxy) is 1. The van der Waals surface area contributed by atoms with Crippen LogP contribution in [-0.4, -0.2) is 25.0 Å². The van der Waals surface area contributed by atoms with Crippen molar-refractivity contribution in [2.24, 2.45) is 0 Å².